The number of amides is 1. The van der Waals surface area contributed by atoms with Crippen LogP contribution in [-0.2, 0) is 16.1 Å². The van der Waals surface area contributed by atoms with E-state index in [0.29, 0.717) is 26.6 Å². The molecule has 146 valence electrons. The zero-order valence-corrected chi connectivity index (χ0v) is 16.7. The summed E-state index contributed by atoms with van der Waals surface area (Å²) < 4.78 is 6.34. The molecular formula is C19H25N3O4S. The summed E-state index contributed by atoms with van der Waals surface area (Å²) in [5.41, 5.74) is 0.248. The fourth-order valence-electron chi connectivity index (χ4n) is 3.60. The first-order valence-electron chi connectivity index (χ1n) is 9.37. The maximum atomic E-state index is 12.8. The smallest absolute Gasteiger partial charge is 0.348 e. The second kappa shape index (κ2) is 8.21. The van der Waals surface area contributed by atoms with E-state index < -0.39 is 5.97 Å². The Balaban J connectivity index is 1.82. The topological polar surface area (TPSA) is 90.3 Å². The van der Waals surface area contributed by atoms with E-state index in [0.717, 1.165) is 30.6 Å². The Morgan fingerprint density at radius 3 is 2.81 bits per heavy atom. The first-order valence-corrected chi connectivity index (χ1v) is 10.2. The standard InChI is InChI=1S/C19H25N3O4S/c1-4-26-19(25)16-12(3)15-17(27-16)20-10-22(18(15)24)9-14(23)21-13-8-6-5-7-11(13)2/h10-11,13H,4-9H2,1-3H3,(H,21,23)/t11-,13+/m0/s1. The van der Waals surface area contributed by atoms with Gasteiger partial charge in [-0.2, -0.15) is 0 Å². The molecule has 7 nitrogen and oxygen atoms in total. The molecule has 0 aromatic carbocycles. The second-order valence-electron chi connectivity index (χ2n) is 7.07. The van der Waals surface area contributed by atoms with E-state index >= 15 is 0 Å². The Morgan fingerprint density at radius 1 is 1.37 bits per heavy atom. The highest BCUT2D eigenvalue weighted by Crippen LogP contribution is 2.27. The van der Waals surface area contributed by atoms with Crippen LogP contribution in [0.15, 0.2) is 11.1 Å². The minimum absolute atomic E-state index is 0.0744. The zero-order valence-electron chi connectivity index (χ0n) is 15.9. The van der Waals surface area contributed by atoms with Gasteiger partial charge in [0, 0.05) is 6.04 Å². The van der Waals surface area contributed by atoms with Crippen LogP contribution in [-0.4, -0.2) is 34.1 Å². The molecule has 0 spiro atoms. The molecule has 0 bridgehead atoms. The van der Waals surface area contributed by atoms with Gasteiger partial charge in [0.05, 0.1) is 18.3 Å². The Morgan fingerprint density at radius 2 is 2.11 bits per heavy atom. The predicted octanol–water partition coefficient (Wildman–Crippen LogP) is 2.64. The van der Waals surface area contributed by atoms with Gasteiger partial charge in [0.25, 0.3) is 5.56 Å². The summed E-state index contributed by atoms with van der Waals surface area (Å²) in [4.78, 5) is 42.5. The third kappa shape index (κ3) is 4.05. The molecule has 0 saturated heterocycles. The summed E-state index contributed by atoms with van der Waals surface area (Å²) in [5, 5.41) is 3.43. The van der Waals surface area contributed by atoms with E-state index in [2.05, 4.69) is 17.2 Å². The van der Waals surface area contributed by atoms with Crippen LogP contribution in [0.1, 0.15) is 54.8 Å². The van der Waals surface area contributed by atoms with Crippen molar-refractivity contribution in [2.24, 2.45) is 5.92 Å². The number of esters is 1. The van der Waals surface area contributed by atoms with Crippen molar-refractivity contribution in [3.8, 4) is 0 Å². The number of carbonyl (C=O) groups excluding carboxylic acids is 2. The van der Waals surface area contributed by atoms with E-state index in [9.17, 15) is 14.4 Å². The van der Waals surface area contributed by atoms with E-state index in [-0.39, 0.29) is 30.7 Å². The molecule has 0 unspecified atom stereocenters. The van der Waals surface area contributed by atoms with Crippen LogP contribution in [0.25, 0.3) is 10.2 Å². The summed E-state index contributed by atoms with van der Waals surface area (Å²) in [5.74, 6) is -0.185. The van der Waals surface area contributed by atoms with Crippen molar-refractivity contribution in [1.29, 1.82) is 0 Å². The fraction of sp³-hybridized carbons (Fsp3) is 0.579. The molecule has 1 aliphatic rings. The number of hydrogen-bond acceptors (Lipinski definition) is 6. The molecule has 1 aliphatic carbocycles. The lowest BCUT2D eigenvalue weighted by Crippen LogP contribution is -2.43. The van der Waals surface area contributed by atoms with E-state index in [1.807, 2.05) is 0 Å². The Labute approximate surface area is 161 Å². The van der Waals surface area contributed by atoms with Crippen molar-refractivity contribution in [3.63, 3.8) is 0 Å². The Hall–Kier alpha value is -2.22. The number of ether oxygens (including phenoxy) is 1. The molecule has 2 atom stereocenters. The van der Waals surface area contributed by atoms with E-state index in [1.165, 1.54) is 17.3 Å². The number of hydrogen-bond donors (Lipinski definition) is 1. The van der Waals surface area contributed by atoms with E-state index in [4.69, 9.17) is 4.74 Å². The number of fused-ring (bicyclic) bond motifs is 1. The zero-order chi connectivity index (χ0) is 19.6. The monoisotopic (exact) mass is 391 g/mol. The van der Waals surface area contributed by atoms with Crippen LogP contribution in [0.3, 0.4) is 0 Å². The first-order chi connectivity index (χ1) is 12.9. The predicted molar refractivity (Wildman–Crippen MR) is 104 cm³/mol. The molecular weight excluding hydrogens is 366 g/mol. The summed E-state index contributed by atoms with van der Waals surface area (Å²) in [6.07, 6.45) is 5.79. The van der Waals surface area contributed by atoms with Gasteiger partial charge >= 0.3 is 5.97 Å². The number of nitrogens with zero attached hydrogens (tertiary/aromatic N) is 2. The maximum absolute atomic E-state index is 12.8. The van der Waals surface area contributed by atoms with Gasteiger partial charge < -0.3 is 10.1 Å². The van der Waals surface area contributed by atoms with Crippen molar-refractivity contribution in [3.05, 3.63) is 27.1 Å². The molecule has 1 saturated carbocycles. The average Bonchev–Trinajstić information content (AvgIpc) is 2.97. The summed E-state index contributed by atoms with van der Waals surface area (Å²) in [7, 11) is 0. The number of aromatic nitrogens is 2. The van der Waals surface area contributed by atoms with Crippen molar-refractivity contribution in [2.75, 3.05) is 6.61 Å². The van der Waals surface area contributed by atoms with Gasteiger partial charge in [0.15, 0.2) is 0 Å². The summed E-state index contributed by atoms with van der Waals surface area (Å²) in [6.45, 7) is 5.79. The van der Waals surface area contributed by atoms with Crippen molar-refractivity contribution < 1.29 is 14.3 Å². The van der Waals surface area contributed by atoms with Gasteiger partial charge in [-0.1, -0.05) is 19.8 Å². The first kappa shape index (κ1) is 19.5. The molecule has 3 rings (SSSR count). The average molecular weight is 391 g/mol. The van der Waals surface area contributed by atoms with Crippen molar-refractivity contribution in [2.45, 2.75) is 59.0 Å². The minimum atomic E-state index is -0.451. The third-order valence-corrected chi connectivity index (χ3v) is 6.33. The van der Waals surface area contributed by atoms with Crippen LogP contribution in [0.2, 0.25) is 0 Å². The lowest BCUT2D eigenvalue weighted by molar-refractivity contribution is -0.123. The molecule has 2 aromatic rings. The second-order valence-corrected chi connectivity index (χ2v) is 8.07. The van der Waals surface area contributed by atoms with E-state index in [1.54, 1.807) is 13.8 Å². The highest BCUT2D eigenvalue weighted by molar-refractivity contribution is 7.20. The van der Waals surface area contributed by atoms with Crippen LogP contribution in [0.5, 0.6) is 0 Å². The number of rotatable bonds is 5. The van der Waals surface area contributed by atoms with Gasteiger partial charge in [0.1, 0.15) is 16.3 Å². The number of thiophene rings is 1. The highest BCUT2D eigenvalue weighted by atomic mass is 32.1. The SMILES string of the molecule is CCOC(=O)c1sc2ncn(CC(=O)N[C@@H]3CCCC[C@@H]3C)c(=O)c2c1C. The third-order valence-electron chi connectivity index (χ3n) is 5.15. The molecule has 2 heterocycles. The minimum Gasteiger partial charge on any atom is -0.462 e. The van der Waals surface area contributed by atoms with Gasteiger partial charge in [-0.3, -0.25) is 14.2 Å². The number of carbonyl (C=O) groups is 2. The lowest BCUT2D eigenvalue weighted by atomic mass is 9.86. The Kier molecular flexibility index (Phi) is 5.94. The largest absolute Gasteiger partial charge is 0.462 e. The van der Waals surface area contributed by atoms with Crippen LogP contribution in [0, 0.1) is 12.8 Å². The van der Waals surface area contributed by atoms with Gasteiger partial charge in [-0.15, -0.1) is 11.3 Å². The molecule has 0 radical (unpaired) electrons. The van der Waals surface area contributed by atoms with Gasteiger partial charge in [-0.05, 0) is 38.2 Å². The normalized spacial score (nSPS) is 19.8. The maximum Gasteiger partial charge on any atom is 0.348 e. The van der Waals surface area contributed by atoms with Crippen molar-refractivity contribution in [1.82, 2.24) is 14.9 Å². The lowest BCUT2D eigenvalue weighted by Gasteiger charge is -2.29. The molecule has 8 heteroatoms. The molecule has 0 aliphatic heterocycles. The van der Waals surface area contributed by atoms with Crippen LogP contribution in [0.4, 0.5) is 0 Å². The van der Waals surface area contributed by atoms with Gasteiger partial charge in [0.2, 0.25) is 5.91 Å². The van der Waals surface area contributed by atoms with Crippen LogP contribution < -0.4 is 10.9 Å². The highest BCUT2D eigenvalue weighted by Gasteiger charge is 2.24. The Bertz CT molecular complexity index is 918. The molecule has 27 heavy (non-hydrogen) atoms. The summed E-state index contributed by atoms with van der Waals surface area (Å²) >= 11 is 1.14. The fourth-order valence-corrected chi connectivity index (χ4v) is 4.63. The molecule has 2 aromatic heterocycles. The molecule has 1 amide bonds. The quantitative estimate of drug-likeness (QED) is 0.792. The summed E-state index contributed by atoms with van der Waals surface area (Å²) in [6, 6.07) is 0.164. The van der Waals surface area contributed by atoms with Gasteiger partial charge in [-0.25, -0.2) is 9.78 Å². The number of aryl methyl sites for hydroxylation is 1. The molecule has 1 N–H and O–H groups in total. The number of nitrogens with one attached hydrogen (secondary N) is 1. The van der Waals surface area contributed by atoms with Crippen molar-refractivity contribution >= 4 is 33.4 Å². The molecule has 1 fully saturated rings. The van der Waals surface area contributed by atoms with Crippen LogP contribution >= 0.6 is 11.3 Å².